The molecular weight excluding hydrogens is 549 g/mol. The van der Waals surface area contributed by atoms with Crippen LogP contribution in [0.1, 0.15) is 44.6 Å². The van der Waals surface area contributed by atoms with E-state index < -0.39 is 29.5 Å². The number of alkyl halides is 3. The molecule has 0 bridgehead atoms. The van der Waals surface area contributed by atoms with Crippen LogP contribution in [-0.4, -0.2) is 57.8 Å². The van der Waals surface area contributed by atoms with E-state index >= 15 is 0 Å². The van der Waals surface area contributed by atoms with E-state index in [2.05, 4.69) is 9.97 Å². The van der Waals surface area contributed by atoms with Gasteiger partial charge in [-0.3, -0.25) is 9.59 Å². The van der Waals surface area contributed by atoms with Gasteiger partial charge < -0.3 is 19.3 Å². The number of oxazole rings is 1. The summed E-state index contributed by atoms with van der Waals surface area (Å²) < 4.78 is 46.2. The van der Waals surface area contributed by atoms with E-state index in [0.29, 0.717) is 48.7 Å². The molecule has 4 aromatic rings. The van der Waals surface area contributed by atoms with Crippen LogP contribution in [0.3, 0.4) is 0 Å². The number of ketones is 1. The predicted octanol–water partition coefficient (Wildman–Crippen LogP) is 5.18. The van der Waals surface area contributed by atoms with Crippen molar-refractivity contribution in [2.75, 3.05) is 31.1 Å². The maximum Gasteiger partial charge on any atom is 0.437 e. The molecule has 1 atom stereocenters. The summed E-state index contributed by atoms with van der Waals surface area (Å²) in [5, 5.41) is 10.7. The number of aromatic nitrogens is 2. The van der Waals surface area contributed by atoms with E-state index in [1.807, 2.05) is 36.9 Å². The monoisotopic (exact) mass is 578 g/mol. The summed E-state index contributed by atoms with van der Waals surface area (Å²) in [7, 11) is 0. The number of hydrogen-bond acceptors (Lipinski definition) is 7. The molecule has 0 aliphatic carbocycles. The number of piperazine rings is 1. The summed E-state index contributed by atoms with van der Waals surface area (Å²) >= 11 is 0. The van der Waals surface area contributed by atoms with Gasteiger partial charge in [0, 0.05) is 44.4 Å². The van der Waals surface area contributed by atoms with Crippen LogP contribution in [0.4, 0.5) is 19.0 Å². The molecule has 1 aliphatic heterocycles. The van der Waals surface area contributed by atoms with Crippen LogP contribution in [0.25, 0.3) is 11.5 Å². The van der Waals surface area contributed by atoms with Gasteiger partial charge in [0.05, 0.1) is 0 Å². The van der Waals surface area contributed by atoms with E-state index in [4.69, 9.17) is 4.42 Å². The number of rotatable bonds is 7. The third-order valence-corrected chi connectivity index (χ3v) is 7.22. The summed E-state index contributed by atoms with van der Waals surface area (Å²) in [5.41, 5.74) is 1.79. The maximum atomic E-state index is 13.6. The molecule has 8 nitrogen and oxygen atoms in total. The van der Waals surface area contributed by atoms with Crippen LogP contribution in [0, 0.1) is 13.8 Å². The Bertz CT molecular complexity index is 1580. The zero-order chi connectivity index (χ0) is 30.0. The van der Waals surface area contributed by atoms with Crippen LogP contribution in [0.2, 0.25) is 0 Å². The van der Waals surface area contributed by atoms with Gasteiger partial charge in [0.15, 0.2) is 11.8 Å². The molecule has 3 heterocycles. The van der Waals surface area contributed by atoms with Crippen LogP contribution < -0.4 is 4.90 Å². The molecule has 1 aliphatic rings. The first-order valence-corrected chi connectivity index (χ1v) is 13.4. The Morgan fingerprint density at radius 2 is 1.71 bits per heavy atom. The van der Waals surface area contributed by atoms with Crippen LogP contribution in [-0.2, 0) is 17.4 Å². The molecule has 1 fully saturated rings. The molecule has 218 valence electrons. The highest BCUT2D eigenvalue weighted by atomic mass is 19.4. The molecule has 0 radical (unpaired) electrons. The van der Waals surface area contributed by atoms with Gasteiger partial charge in [-0.1, -0.05) is 48.0 Å². The number of halogens is 3. The van der Waals surface area contributed by atoms with E-state index in [1.165, 1.54) is 6.20 Å². The highest BCUT2D eigenvalue weighted by Gasteiger charge is 2.41. The Balaban J connectivity index is 1.22. The maximum absolute atomic E-state index is 13.6. The molecule has 2 aromatic carbocycles. The first-order valence-electron chi connectivity index (χ1n) is 13.4. The summed E-state index contributed by atoms with van der Waals surface area (Å²) in [6, 6.07) is 17.0. The topological polar surface area (TPSA) is 99.8 Å². The fraction of sp³-hybridized carbons (Fsp3) is 0.290. The minimum atomic E-state index is -4.86. The second-order valence-electron chi connectivity index (χ2n) is 10.3. The average Bonchev–Trinajstić information content (AvgIpc) is 3.46. The minimum Gasteiger partial charge on any atom is -0.432 e. The highest BCUT2D eigenvalue weighted by molar-refractivity contribution is 5.96. The van der Waals surface area contributed by atoms with Crippen molar-refractivity contribution in [3.8, 4) is 11.5 Å². The minimum absolute atomic E-state index is 0.279. The van der Waals surface area contributed by atoms with Gasteiger partial charge in [-0.15, -0.1) is 0 Å². The number of Topliss-reactive ketones (excluding diaryl/α,β-unsaturated/α-hetero) is 1. The smallest absolute Gasteiger partial charge is 0.432 e. The molecule has 1 unspecified atom stereocenters. The lowest BCUT2D eigenvalue weighted by atomic mass is 10.00. The summed E-state index contributed by atoms with van der Waals surface area (Å²) in [6.45, 7) is 5.49. The first kappa shape index (κ1) is 29.0. The largest absolute Gasteiger partial charge is 0.437 e. The first-order chi connectivity index (χ1) is 20.0. The number of carbonyl (C=O) groups is 2. The molecule has 1 N–H and O–H groups in total. The quantitative estimate of drug-likeness (QED) is 0.302. The third kappa shape index (κ3) is 6.20. The Morgan fingerprint density at radius 1 is 1.00 bits per heavy atom. The molecular formula is C31H29F3N4O4. The molecule has 0 spiro atoms. The Hall–Kier alpha value is -4.51. The number of amides is 1. The van der Waals surface area contributed by atoms with Gasteiger partial charge in [0.1, 0.15) is 5.82 Å². The van der Waals surface area contributed by atoms with Crippen molar-refractivity contribution in [3.05, 3.63) is 101 Å². The summed E-state index contributed by atoms with van der Waals surface area (Å²) in [6.07, 6.45) is -5.01. The molecule has 1 saturated heterocycles. The van der Waals surface area contributed by atoms with Gasteiger partial charge in [0.25, 0.3) is 5.91 Å². The predicted molar refractivity (Wildman–Crippen MR) is 149 cm³/mol. The lowest BCUT2D eigenvalue weighted by Gasteiger charge is -2.36. The molecule has 1 amide bonds. The molecule has 11 heteroatoms. The standard InChI is InChI=1S/C31H29F3N4O4/c1-19-8-9-20(2)23(16-19)26(40)30(41)38-14-12-37(13-15-38)25-11-10-21(18-35-25)17-24(39)27-28(31(32,33)34)36-29(42-27)22-6-4-3-5-7-22/h3-11,16,18,26,40H,12-15,17H2,1-2H3. The van der Waals surface area contributed by atoms with Gasteiger partial charge in [-0.05, 0) is 48.7 Å². The average molecular weight is 579 g/mol. The number of aliphatic hydroxyl groups is 1. The van der Waals surface area contributed by atoms with E-state index in [1.54, 1.807) is 47.4 Å². The molecule has 0 saturated carbocycles. The fourth-order valence-corrected chi connectivity index (χ4v) is 4.90. The Morgan fingerprint density at radius 3 is 2.36 bits per heavy atom. The summed E-state index contributed by atoms with van der Waals surface area (Å²) in [5.74, 6) is -1.73. The van der Waals surface area contributed by atoms with Crippen LogP contribution in [0.15, 0.2) is 71.3 Å². The van der Waals surface area contributed by atoms with E-state index in [9.17, 15) is 27.9 Å². The highest BCUT2D eigenvalue weighted by Crippen LogP contribution is 2.35. The number of pyridine rings is 1. The second-order valence-corrected chi connectivity index (χ2v) is 10.3. The van der Waals surface area contributed by atoms with Crippen molar-refractivity contribution < 1.29 is 32.3 Å². The molecule has 5 rings (SSSR count). The van der Waals surface area contributed by atoms with Crippen molar-refractivity contribution in [3.63, 3.8) is 0 Å². The number of benzene rings is 2. The van der Waals surface area contributed by atoms with Crippen molar-refractivity contribution in [2.24, 2.45) is 0 Å². The number of hydrogen-bond donors (Lipinski definition) is 1. The summed E-state index contributed by atoms with van der Waals surface area (Å²) in [4.78, 5) is 37.4. The molecule has 2 aromatic heterocycles. The third-order valence-electron chi connectivity index (χ3n) is 7.22. The number of carbonyl (C=O) groups excluding carboxylic acids is 2. The van der Waals surface area contributed by atoms with Crippen molar-refractivity contribution >= 4 is 17.5 Å². The van der Waals surface area contributed by atoms with Gasteiger partial charge in [-0.25, -0.2) is 9.97 Å². The SMILES string of the molecule is Cc1ccc(C)c(C(O)C(=O)N2CCN(c3ccc(CC(=O)c4oc(-c5ccccc5)nc4C(F)(F)F)cn3)CC2)c1. The van der Waals surface area contributed by atoms with Crippen molar-refractivity contribution in [2.45, 2.75) is 32.5 Å². The van der Waals surface area contributed by atoms with E-state index in [-0.39, 0.29) is 18.2 Å². The van der Waals surface area contributed by atoms with Crippen LogP contribution >= 0.6 is 0 Å². The second kappa shape index (κ2) is 11.8. The Kier molecular flexibility index (Phi) is 8.13. The number of anilines is 1. The zero-order valence-electron chi connectivity index (χ0n) is 23.1. The van der Waals surface area contributed by atoms with Crippen LogP contribution in [0.5, 0.6) is 0 Å². The number of nitrogens with zero attached hydrogens (tertiary/aromatic N) is 4. The number of aryl methyl sites for hydroxylation is 2. The van der Waals surface area contributed by atoms with Gasteiger partial charge in [0.2, 0.25) is 17.4 Å². The number of aliphatic hydroxyl groups excluding tert-OH is 1. The zero-order valence-corrected chi connectivity index (χ0v) is 23.1. The van der Waals surface area contributed by atoms with Crippen molar-refractivity contribution in [1.82, 2.24) is 14.9 Å². The van der Waals surface area contributed by atoms with Gasteiger partial charge >= 0.3 is 6.18 Å². The molecule has 42 heavy (non-hydrogen) atoms. The Labute approximate surface area is 240 Å². The fourth-order valence-electron chi connectivity index (χ4n) is 4.90. The lowest BCUT2D eigenvalue weighted by Crippen LogP contribution is -2.50. The van der Waals surface area contributed by atoms with Crippen molar-refractivity contribution in [1.29, 1.82) is 0 Å². The lowest BCUT2D eigenvalue weighted by molar-refractivity contribution is -0.142. The van der Waals surface area contributed by atoms with E-state index in [0.717, 1.165) is 11.1 Å². The van der Waals surface area contributed by atoms with Gasteiger partial charge in [-0.2, -0.15) is 13.2 Å². The normalized spacial score (nSPS) is 14.6.